The molecule has 336 valence electrons. The summed E-state index contributed by atoms with van der Waals surface area (Å²) in [5, 5.41) is 107. The van der Waals surface area contributed by atoms with E-state index in [4.69, 9.17) is 33.2 Å². The minimum Gasteiger partial charge on any atom is -0.458 e. The van der Waals surface area contributed by atoms with E-state index in [0.29, 0.717) is 31.3 Å². The standard InChI is InChI=1S/C41H64O18/c1-17-35(59-38-33(50)30(47)28(45)25(58-38)16-54-36-32(49)29(46)27(44)24(14-42)57-36)31(48)34(51)37(55-17)56-20-6-9-39(2)19(13-20)4-5-23-22(39)7-10-40(3)21(8-11-41(23,40)52)18-12-26(43)53-15-18/h12,17,19-25,27-38,42,44-52H,4-11,13-16H2,1-3H3/t17-,19+,20-,21+,22+,23-,24-,25-,27-,28-,29+,30+,31-,32-,33-,34-,35-,36-,37+,38+,39-,40+,41-/m0/s1. The van der Waals surface area contributed by atoms with Crippen molar-refractivity contribution in [2.75, 3.05) is 19.8 Å². The predicted molar refractivity (Wildman–Crippen MR) is 198 cm³/mol. The maximum absolute atomic E-state index is 12.6. The normalized spacial score (nSPS) is 55.1. The van der Waals surface area contributed by atoms with Crippen molar-refractivity contribution in [1.82, 2.24) is 0 Å². The minimum atomic E-state index is -1.81. The van der Waals surface area contributed by atoms with Gasteiger partial charge in [-0.05, 0) is 99.4 Å². The fourth-order valence-corrected chi connectivity index (χ4v) is 12.7. The van der Waals surface area contributed by atoms with Crippen LogP contribution in [0.4, 0.5) is 0 Å². The second-order valence-electron chi connectivity index (χ2n) is 19.2. The molecule has 4 heterocycles. The summed E-state index contributed by atoms with van der Waals surface area (Å²) in [5.74, 6) is 0.641. The van der Waals surface area contributed by atoms with Gasteiger partial charge in [-0.15, -0.1) is 0 Å². The molecule has 23 atom stereocenters. The third kappa shape index (κ3) is 7.43. The van der Waals surface area contributed by atoms with Crippen LogP contribution in [0.3, 0.4) is 0 Å². The SMILES string of the molecule is C[C@@H]1O[C@H](O[C@H]2CC[C@@]3(C)[C@H](CC[C@H]4[C@H]3CC[C@]3(C)[C@@H](C5=CC(=O)OC5)CC[C@]43O)C2)[C@@H](O)[C@H](O)[C@H]1O[C@H]1O[C@@H](CO[C@H]2O[C@@H](CO)[C@H](O)[C@@H](O)[C@@H]2O)[C@H](O)[C@@H](O)[C@@H]1O. The lowest BCUT2D eigenvalue weighted by atomic mass is 9.43. The Labute approximate surface area is 342 Å². The first-order valence-corrected chi connectivity index (χ1v) is 21.5. The second kappa shape index (κ2) is 16.6. The van der Waals surface area contributed by atoms with Crippen molar-refractivity contribution in [2.45, 2.75) is 182 Å². The summed E-state index contributed by atoms with van der Waals surface area (Å²) in [6, 6.07) is 0. The van der Waals surface area contributed by atoms with Crippen molar-refractivity contribution in [3.8, 4) is 0 Å². The van der Waals surface area contributed by atoms with Gasteiger partial charge in [0, 0.05) is 11.5 Å². The molecule has 7 fully saturated rings. The van der Waals surface area contributed by atoms with Crippen molar-refractivity contribution in [1.29, 1.82) is 0 Å². The van der Waals surface area contributed by atoms with Crippen molar-refractivity contribution in [3.63, 3.8) is 0 Å². The molecule has 10 N–H and O–H groups in total. The molecule has 59 heavy (non-hydrogen) atoms. The second-order valence-corrected chi connectivity index (χ2v) is 19.2. The molecule has 18 heteroatoms. The molecule has 8 rings (SSSR count). The lowest BCUT2D eigenvalue weighted by Crippen LogP contribution is -2.64. The Morgan fingerprint density at radius 1 is 0.712 bits per heavy atom. The average molecular weight is 845 g/mol. The van der Waals surface area contributed by atoms with E-state index in [-0.39, 0.29) is 34.7 Å². The van der Waals surface area contributed by atoms with Crippen LogP contribution in [-0.4, -0.2) is 181 Å². The van der Waals surface area contributed by atoms with Crippen LogP contribution in [0.5, 0.6) is 0 Å². The average Bonchev–Trinajstić information content (AvgIpc) is 3.76. The molecule has 18 nitrogen and oxygen atoms in total. The Hall–Kier alpha value is -1.43. The van der Waals surface area contributed by atoms with E-state index in [2.05, 4.69) is 13.8 Å². The zero-order chi connectivity index (χ0) is 42.3. The van der Waals surface area contributed by atoms with Crippen LogP contribution in [0.2, 0.25) is 0 Å². The summed E-state index contributed by atoms with van der Waals surface area (Å²) in [6.45, 7) is 5.23. The van der Waals surface area contributed by atoms with Crippen LogP contribution in [0.25, 0.3) is 0 Å². The third-order valence-electron chi connectivity index (χ3n) is 16.3. The van der Waals surface area contributed by atoms with Gasteiger partial charge in [-0.1, -0.05) is 13.8 Å². The van der Waals surface area contributed by atoms with E-state index in [1.807, 2.05) is 0 Å². The molecule has 4 aliphatic heterocycles. The number of aliphatic hydroxyl groups is 10. The zero-order valence-electron chi connectivity index (χ0n) is 33.8. The Morgan fingerprint density at radius 3 is 2.07 bits per heavy atom. The maximum Gasteiger partial charge on any atom is 0.331 e. The highest BCUT2D eigenvalue weighted by Gasteiger charge is 2.68. The Bertz CT molecular complexity index is 1550. The summed E-state index contributed by atoms with van der Waals surface area (Å²) in [6.07, 6.45) is -13.8. The van der Waals surface area contributed by atoms with Gasteiger partial charge in [0.2, 0.25) is 0 Å². The summed E-state index contributed by atoms with van der Waals surface area (Å²) in [4.78, 5) is 11.9. The molecule has 0 aromatic carbocycles. The molecule has 4 aliphatic carbocycles. The fraction of sp³-hybridized carbons (Fsp3) is 0.927. The molecule has 0 radical (unpaired) electrons. The van der Waals surface area contributed by atoms with Crippen LogP contribution in [-0.2, 0) is 38.0 Å². The highest BCUT2D eigenvalue weighted by atomic mass is 16.8. The fourth-order valence-electron chi connectivity index (χ4n) is 12.7. The Morgan fingerprint density at radius 2 is 1.37 bits per heavy atom. The lowest BCUT2D eigenvalue weighted by molar-refractivity contribution is -0.365. The van der Waals surface area contributed by atoms with E-state index in [1.165, 1.54) is 0 Å². The number of fused-ring (bicyclic) bond motifs is 5. The van der Waals surface area contributed by atoms with E-state index in [9.17, 15) is 55.9 Å². The van der Waals surface area contributed by atoms with E-state index in [0.717, 1.165) is 50.5 Å². The zero-order valence-corrected chi connectivity index (χ0v) is 33.8. The predicted octanol–water partition coefficient (Wildman–Crippen LogP) is -1.90. The number of ether oxygens (including phenoxy) is 7. The Balaban J connectivity index is 0.861. The molecule has 3 saturated heterocycles. The molecular weight excluding hydrogens is 780 g/mol. The molecule has 0 spiro atoms. The first-order chi connectivity index (χ1) is 27.9. The molecule has 8 aliphatic rings. The molecular formula is C41H64O18. The smallest absolute Gasteiger partial charge is 0.331 e. The number of esters is 1. The lowest BCUT2D eigenvalue weighted by Gasteiger charge is -2.64. The van der Waals surface area contributed by atoms with E-state index < -0.39 is 111 Å². The van der Waals surface area contributed by atoms with E-state index in [1.54, 1.807) is 13.0 Å². The van der Waals surface area contributed by atoms with Gasteiger partial charge < -0.3 is 84.2 Å². The largest absolute Gasteiger partial charge is 0.458 e. The van der Waals surface area contributed by atoms with Gasteiger partial charge in [-0.25, -0.2) is 4.79 Å². The third-order valence-corrected chi connectivity index (χ3v) is 16.3. The van der Waals surface area contributed by atoms with Crippen molar-refractivity contribution in [3.05, 3.63) is 11.6 Å². The van der Waals surface area contributed by atoms with Crippen molar-refractivity contribution in [2.24, 2.45) is 34.5 Å². The number of carbonyl (C=O) groups is 1. The van der Waals surface area contributed by atoms with Crippen LogP contribution >= 0.6 is 0 Å². The minimum absolute atomic E-state index is 0.0158. The highest BCUT2D eigenvalue weighted by Crippen LogP contribution is 2.70. The van der Waals surface area contributed by atoms with Gasteiger partial charge in [0.15, 0.2) is 18.9 Å². The maximum atomic E-state index is 12.6. The van der Waals surface area contributed by atoms with Gasteiger partial charge >= 0.3 is 5.97 Å². The summed E-state index contributed by atoms with van der Waals surface area (Å²) < 4.78 is 40.2. The molecule has 0 aromatic heterocycles. The van der Waals surface area contributed by atoms with Crippen LogP contribution in [0.15, 0.2) is 11.6 Å². The van der Waals surface area contributed by atoms with Crippen molar-refractivity contribution >= 4 is 5.97 Å². The number of hydrogen-bond donors (Lipinski definition) is 10. The van der Waals surface area contributed by atoms with Crippen LogP contribution in [0, 0.1) is 34.5 Å². The molecule has 0 amide bonds. The van der Waals surface area contributed by atoms with E-state index >= 15 is 0 Å². The van der Waals surface area contributed by atoms with Gasteiger partial charge in [0.25, 0.3) is 0 Å². The molecule has 4 saturated carbocycles. The number of cyclic esters (lactones) is 1. The molecule has 0 unspecified atom stereocenters. The first-order valence-electron chi connectivity index (χ1n) is 21.5. The number of carbonyl (C=O) groups excluding carboxylic acids is 1. The van der Waals surface area contributed by atoms with Crippen LogP contribution in [0.1, 0.15) is 78.6 Å². The molecule has 0 bridgehead atoms. The van der Waals surface area contributed by atoms with Gasteiger partial charge in [0.1, 0.15) is 73.8 Å². The summed E-state index contributed by atoms with van der Waals surface area (Å²) in [7, 11) is 0. The number of rotatable bonds is 9. The topological polar surface area (TPSA) is 284 Å². The summed E-state index contributed by atoms with van der Waals surface area (Å²) >= 11 is 0. The molecule has 0 aromatic rings. The first kappa shape index (κ1) is 44.2. The van der Waals surface area contributed by atoms with Gasteiger partial charge in [-0.3, -0.25) is 0 Å². The monoisotopic (exact) mass is 844 g/mol. The Kier molecular flexibility index (Phi) is 12.4. The van der Waals surface area contributed by atoms with Crippen molar-refractivity contribution < 1.29 is 89.0 Å². The van der Waals surface area contributed by atoms with Gasteiger partial charge in [-0.2, -0.15) is 0 Å². The summed E-state index contributed by atoms with van der Waals surface area (Å²) in [5.41, 5.74) is -0.142. The highest BCUT2D eigenvalue weighted by molar-refractivity contribution is 5.85. The quantitative estimate of drug-likeness (QED) is 0.0897. The number of aliphatic hydroxyl groups excluding tert-OH is 9. The van der Waals surface area contributed by atoms with Crippen LogP contribution < -0.4 is 0 Å². The van der Waals surface area contributed by atoms with Gasteiger partial charge in [0.05, 0.1) is 31.0 Å². The number of hydrogen-bond acceptors (Lipinski definition) is 18.